The molecule has 12 heteroatoms. The summed E-state index contributed by atoms with van der Waals surface area (Å²) in [6.07, 6.45) is 0. The summed E-state index contributed by atoms with van der Waals surface area (Å²) >= 11 is 4.31. The smallest absolute Gasteiger partial charge is 0.223 e. The maximum Gasteiger partial charge on any atom is 0.223 e. The number of nitrogens with zero attached hydrogens (tertiary/aromatic N) is 5. The van der Waals surface area contributed by atoms with Crippen molar-refractivity contribution in [3.8, 4) is 0 Å². The summed E-state index contributed by atoms with van der Waals surface area (Å²) in [5.41, 5.74) is 0.669. The van der Waals surface area contributed by atoms with Crippen molar-refractivity contribution in [1.82, 2.24) is 20.5 Å². The Morgan fingerprint density at radius 1 is 1.40 bits per heavy atom. The van der Waals surface area contributed by atoms with Crippen LogP contribution in [0, 0.1) is 12.7 Å². The number of aromatic nitrogens is 4. The van der Waals surface area contributed by atoms with Crippen LogP contribution in [-0.4, -0.2) is 31.5 Å². The molecule has 0 atom stereocenters. The predicted molar refractivity (Wildman–Crippen MR) is 88.9 cm³/mol. The van der Waals surface area contributed by atoms with Gasteiger partial charge in [-0.1, -0.05) is 22.1 Å². The second-order valence-electron chi connectivity index (χ2n) is 4.64. The fourth-order valence-corrected chi connectivity index (χ4v) is 2.91. The highest BCUT2D eigenvalue weighted by atomic mass is 79.9. The van der Waals surface area contributed by atoms with Crippen LogP contribution in [-0.2, 0) is 5.75 Å². The number of hydrogen-bond donors (Lipinski definition) is 2. The van der Waals surface area contributed by atoms with Crippen LogP contribution in [0.15, 0.2) is 42.0 Å². The highest BCUT2D eigenvalue weighted by Crippen LogP contribution is 2.25. The van der Waals surface area contributed by atoms with E-state index in [1.54, 1.807) is 6.92 Å². The first-order valence-electron chi connectivity index (χ1n) is 6.76. The average Bonchev–Trinajstić information content (AvgIpc) is 3.22. The molecule has 9 nitrogen and oxygen atoms in total. The molecule has 0 aliphatic carbocycles. The van der Waals surface area contributed by atoms with E-state index in [-0.39, 0.29) is 16.0 Å². The Hall–Kier alpha value is -2.47. The molecule has 3 rings (SSSR count). The molecule has 3 aromatic rings. The van der Waals surface area contributed by atoms with Gasteiger partial charge in [0.25, 0.3) is 0 Å². The average molecular weight is 429 g/mol. The topological polar surface area (TPSA) is 122 Å². The normalized spacial score (nSPS) is 11.7. The molecular formula is C13H10BrFN6O3S. The van der Waals surface area contributed by atoms with Crippen molar-refractivity contribution < 1.29 is 18.7 Å². The quantitative estimate of drug-likeness (QED) is 0.207. The Morgan fingerprint density at radius 3 is 2.92 bits per heavy atom. The molecule has 2 heterocycles. The van der Waals surface area contributed by atoms with Crippen molar-refractivity contribution >= 4 is 39.2 Å². The van der Waals surface area contributed by atoms with E-state index in [0.717, 1.165) is 0 Å². The van der Waals surface area contributed by atoms with Crippen LogP contribution in [0.3, 0.4) is 0 Å². The summed E-state index contributed by atoms with van der Waals surface area (Å²) in [5.74, 6) is 0.873. The number of hydrogen-bond acceptors (Lipinski definition) is 9. The Balaban J connectivity index is 1.75. The lowest BCUT2D eigenvalue weighted by Gasteiger charge is -2.07. The van der Waals surface area contributed by atoms with Crippen molar-refractivity contribution in [2.45, 2.75) is 17.7 Å². The summed E-state index contributed by atoms with van der Waals surface area (Å²) in [5, 5.41) is 26.9. The molecule has 2 N–H and O–H groups in total. The second kappa shape index (κ2) is 7.61. The number of nitrogens with one attached hydrogen (secondary N) is 1. The molecule has 0 spiro atoms. The monoisotopic (exact) mass is 428 g/mol. The number of amidine groups is 1. The van der Waals surface area contributed by atoms with Crippen LogP contribution in [0.2, 0.25) is 0 Å². The van der Waals surface area contributed by atoms with Crippen LogP contribution >= 0.6 is 27.7 Å². The Bertz CT molecular complexity index is 915. The molecule has 0 aliphatic heterocycles. The Morgan fingerprint density at radius 2 is 2.24 bits per heavy atom. The van der Waals surface area contributed by atoms with Gasteiger partial charge in [-0.3, -0.25) is 0 Å². The number of thioether (sulfide) groups is 1. The molecule has 25 heavy (non-hydrogen) atoms. The molecule has 0 aliphatic rings. The van der Waals surface area contributed by atoms with Crippen molar-refractivity contribution in [3.63, 3.8) is 0 Å². The minimum absolute atomic E-state index is 0.00782. The van der Waals surface area contributed by atoms with E-state index in [1.807, 2.05) is 0 Å². The lowest BCUT2D eigenvalue weighted by molar-refractivity contribution is 0.297. The minimum Gasteiger partial charge on any atom is -0.409 e. The van der Waals surface area contributed by atoms with Gasteiger partial charge in [0.2, 0.25) is 11.7 Å². The first-order chi connectivity index (χ1) is 12.1. The van der Waals surface area contributed by atoms with E-state index in [2.05, 4.69) is 46.9 Å². The van der Waals surface area contributed by atoms with E-state index < -0.39 is 5.82 Å². The number of halogens is 2. The molecule has 1 aromatic carbocycles. The van der Waals surface area contributed by atoms with Crippen LogP contribution in [0.5, 0.6) is 0 Å². The van der Waals surface area contributed by atoms with E-state index in [9.17, 15) is 9.60 Å². The highest BCUT2D eigenvalue weighted by Gasteiger charge is 2.19. The molecule has 130 valence electrons. The number of rotatable bonds is 5. The second-order valence-corrected chi connectivity index (χ2v) is 6.46. The van der Waals surface area contributed by atoms with Crippen LogP contribution in [0.1, 0.15) is 17.4 Å². The Kier molecular flexibility index (Phi) is 5.28. The molecule has 0 radical (unpaired) electrons. The Labute approximate surface area is 152 Å². The van der Waals surface area contributed by atoms with Gasteiger partial charge >= 0.3 is 0 Å². The summed E-state index contributed by atoms with van der Waals surface area (Å²) in [6, 6.07) is 4.23. The molecule has 0 bridgehead atoms. The minimum atomic E-state index is -0.414. The van der Waals surface area contributed by atoms with Crippen LogP contribution in [0.25, 0.3) is 0 Å². The third-order valence-electron chi connectivity index (χ3n) is 2.87. The SMILES string of the molecule is Cc1nc(CSc2nonc2/C(=N\O)Nc2ccc(F)c(Br)c2)no1. The number of oxime groups is 1. The van der Waals surface area contributed by atoms with Gasteiger partial charge in [-0.25, -0.2) is 9.02 Å². The van der Waals surface area contributed by atoms with E-state index in [4.69, 9.17) is 9.15 Å². The van der Waals surface area contributed by atoms with E-state index in [0.29, 0.717) is 28.2 Å². The van der Waals surface area contributed by atoms with Crippen molar-refractivity contribution in [3.05, 3.63) is 45.9 Å². The maximum atomic E-state index is 13.3. The molecule has 0 unspecified atom stereocenters. The largest absolute Gasteiger partial charge is 0.409 e. The molecule has 0 fully saturated rings. The van der Waals surface area contributed by atoms with Gasteiger partial charge in [0.05, 0.1) is 10.2 Å². The molecule has 0 saturated carbocycles. The number of aryl methyl sites for hydroxylation is 1. The molecule has 0 saturated heterocycles. The summed E-state index contributed by atoms with van der Waals surface area (Å²) in [7, 11) is 0. The van der Waals surface area contributed by atoms with E-state index >= 15 is 0 Å². The number of anilines is 1. The molecule has 2 aromatic heterocycles. The first kappa shape index (κ1) is 17.4. The summed E-state index contributed by atoms with van der Waals surface area (Å²) in [4.78, 5) is 4.08. The van der Waals surface area contributed by atoms with Gasteiger partial charge in [0.1, 0.15) is 5.82 Å². The zero-order chi connectivity index (χ0) is 17.8. The van der Waals surface area contributed by atoms with Crippen LogP contribution in [0.4, 0.5) is 10.1 Å². The predicted octanol–water partition coefficient (Wildman–Crippen LogP) is 3.20. The zero-order valence-electron chi connectivity index (χ0n) is 12.6. The van der Waals surface area contributed by atoms with Crippen molar-refractivity contribution in [2.75, 3.05) is 5.32 Å². The zero-order valence-corrected chi connectivity index (χ0v) is 15.0. The summed E-state index contributed by atoms with van der Waals surface area (Å²) < 4.78 is 23.2. The van der Waals surface area contributed by atoms with Gasteiger partial charge in [-0.2, -0.15) is 4.98 Å². The van der Waals surface area contributed by atoms with Crippen molar-refractivity contribution in [2.24, 2.45) is 5.16 Å². The van der Waals surface area contributed by atoms with E-state index in [1.165, 1.54) is 30.0 Å². The fraction of sp³-hybridized carbons (Fsp3) is 0.154. The fourth-order valence-electron chi connectivity index (χ4n) is 1.79. The number of benzene rings is 1. The van der Waals surface area contributed by atoms with Gasteiger partial charge in [-0.05, 0) is 44.4 Å². The molecule has 0 amide bonds. The maximum absolute atomic E-state index is 13.3. The first-order valence-corrected chi connectivity index (χ1v) is 8.53. The lowest BCUT2D eigenvalue weighted by atomic mass is 10.3. The van der Waals surface area contributed by atoms with Gasteiger partial charge in [0, 0.05) is 12.6 Å². The summed E-state index contributed by atoms with van der Waals surface area (Å²) in [6.45, 7) is 1.69. The van der Waals surface area contributed by atoms with Gasteiger partial charge < -0.3 is 15.0 Å². The lowest BCUT2D eigenvalue weighted by Crippen LogP contribution is -2.15. The highest BCUT2D eigenvalue weighted by molar-refractivity contribution is 9.10. The molecular weight excluding hydrogens is 419 g/mol. The van der Waals surface area contributed by atoms with Gasteiger partial charge in [0.15, 0.2) is 16.5 Å². The van der Waals surface area contributed by atoms with Crippen molar-refractivity contribution in [1.29, 1.82) is 0 Å². The third-order valence-corrected chi connectivity index (χ3v) is 4.42. The van der Waals surface area contributed by atoms with Crippen LogP contribution < -0.4 is 5.32 Å². The third kappa shape index (κ3) is 4.14. The van der Waals surface area contributed by atoms with Gasteiger partial charge in [-0.15, -0.1) is 0 Å². The standard InChI is InChI=1S/C13H10BrFN6O3S/c1-6-16-10(19-23-6)5-25-13-11(20-24-21-13)12(18-22)17-7-2-3-9(15)8(14)4-7/h2-4,22H,5H2,1H3,(H,17,18).